The molecule has 0 heterocycles. The van der Waals surface area contributed by atoms with E-state index >= 15 is 0 Å². The van der Waals surface area contributed by atoms with Gasteiger partial charge in [0, 0.05) is 0 Å². The lowest BCUT2D eigenvalue weighted by atomic mass is 9.86. The topological polar surface area (TPSA) is 26.0 Å². The molecule has 0 fully saturated rings. The van der Waals surface area contributed by atoms with Crippen LogP contribution in [0.4, 0.5) is 0 Å². The van der Waals surface area contributed by atoms with E-state index in [2.05, 4.69) is 6.92 Å². The van der Waals surface area contributed by atoms with Gasteiger partial charge in [-0.05, 0) is 18.1 Å². The monoisotopic (exact) mass is 196 g/mol. The lowest BCUT2D eigenvalue weighted by Gasteiger charge is -2.25. The van der Waals surface area contributed by atoms with E-state index in [4.69, 9.17) is 5.73 Å². The first kappa shape index (κ1) is 9.94. The molecule has 0 aromatic heterocycles. The molecule has 0 unspecified atom stereocenters. The van der Waals surface area contributed by atoms with Crippen LogP contribution in [0.2, 0.25) is 0 Å². The summed E-state index contributed by atoms with van der Waals surface area (Å²) in [5, 5.41) is 0. The summed E-state index contributed by atoms with van der Waals surface area (Å²) >= 11 is 0. The van der Waals surface area contributed by atoms with Crippen molar-refractivity contribution in [2.75, 3.05) is 0 Å². The molecule has 2 rings (SSSR count). The molecule has 2 aromatic carbocycles. The molecule has 2 aromatic rings. The van der Waals surface area contributed by atoms with Gasteiger partial charge in [0.25, 0.3) is 0 Å². The minimum absolute atomic E-state index is 0.664. The lowest BCUT2D eigenvalue weighted by Crippen LogP contribution is -2.34. The molecule has 0 amide bonds. The summed E-state index contributed by atoms with van der Waals surface area (Å²) in [6.45, 7) is 4.09. The predicted octanol–water partition coefficient (Wildman–Crippen LogP) is 2.72. The molecule has 0 aliphatic carbocycles. The molecular weight excluding hydrogens is 182 g/mol. The fourth-order valence-corrected chi connectivity index (χ4v) is 1.64. The van der Waals surface area contributed by atoms with E-state index in [0.29, 0.717) is 0 Å². The Hall–Kier alpha value is -1.60. The first-order valence-corrected chi connectivity index (χ1v) is 4.96. The fraction of sp³-hybridized carbons (Fsp3) is 0.0714. The van der Waals surface area contributed by atoms with Crippen molar-refractivity contribution in [3.8, 4) is 0 Å². The van der Waals surface area contributed by atoms with E-state index in [1.54, 1.807) is 0 Å². The van der Waals surface area contributed by atoms with Gasteiger partial charge in [-0.1, -0.05) is 60.7 Å². The Morgan fingerprint density at radius 2 is 1.07 bits per heavy atom. The van der Waals surface area contributed by atoms with Gasteiger partial charge in [-0.25, -0.2) is 0 Å². The smallest absolute Gasteiger partial charge is 0.0666 e. The third-order valence-electron chi connectivity index (χ3n) is 2.58. The Morgan fingerprint density at radius 1 is 0.733 bits per heavy atom. The van der Waals surface area contributed by atoms with Crippen LogP contribution in [0.15, 0.2) is 60.7 Å². The van der Waals surface area contributed by atoms with E-state index in [-0.39, 0.29) is 0 Å². The second-order valence-corrected chi connectivity index (χ2v) is 3.70. The highest BCUT2D eigenvalue weighted by Crippen LogP contribution is 2.25. The van der Waals surface area contributed by atoms with Gasteiger partial charge in [-0.15, -0.1) is 0 Å². The highest BCUT2D eigenvalue weighted by atomic mass is 14.7. The van der Waals surface area contributed by atoms with Crippen molar-refractivity contribution >= 4 is 0 Å². The maximum absolute atomic E-state index is 6.25. The van der Waals surface area contributed by atoms with E-state index in [1.807, 2.05) is 60.7 Å². The molecule has 0 saturated carbocycles. The average molecular weight is 196 g/mol. The molecule has 1 radical (unpaired) electrons. The van der Waals surface area contributed by atoms with Gasteiger partial charge in [0.1, 0.15) is 0 Å². The van der Waals surface area contributed by atoms with Crippen molar-refractivity contribution in [1.82, 2.24) is 0 Å². The maximum Gasteiger partial charge on any atom is 0.0666 e. The van der Waals surface area contributed by atoms with Crippen molar-refractivity contribution in [3.05, 3.63) is 78.7 Å². The zero-order valence-corrected chi connectivity index (χ0v) is 8.56. The minimum atomic E-state index is -0.664. The largest absolute Gasteiger partial charge is 0.318 e. The van der Waals surface area contributed by atoms with Crippen LogP contribution in [0.1, 0.15) is 11.1 Å². The molecule has 0 bridgehead atoms. The molecule has 1 nitrogen and oxygen atoms in total. The van der Waals surface area contributed by atoms with Crippen molar-refractivity contribution in [2.45, 2.75) is 5.54 Å². The Kier molecular flexibility index (Phi) is 2.57. The molecule has 0 aliphatic rings. The van der Waals surface area contributed by atoms with Crippen LogP contribution in [0.25, 0.3) is 0 Å². The summed E-state index contributed by atoms with van der Waals surface area (Å²) in [6.07, 6.45) is 0. The van der Waals surface area contributed by atoms with Crippen molar-refractivity contribution < 1.29 is 0 Å². The normalized spacial score (nSPS) is 11.3. The summed E-state index contributed by atoms with van der Waals surface area (Å²) in [5.74, 6) is 0. The second-order valence-electron chi connectivity index (χ2n) is 3.70. The molecule has 2 N–H and O–H groups in total. The molecule has 75 valence electrons. The summed E-state index contributed by atoms with van der Waals surface area (Å²) in [7, 11) is 0. The summed E-state index contributed by atoms with van der Waals surface area (Å²) in [5.41, 5.74) is 7.63. The van der Waals surface area contributed by atoms with Crippen LogP contribution < -0.4 is 5.73 Å². The Labute approximate surface area is 90.6 Å². The van der Waals surface area contributed by atoms with Gasteiger partial charge in [0.15, 0.2) is 0 Å². The average Bonchev–Trinajstić information content (AvgIpc) is 2.31. The highest BCUT2D eigenvalue weighted by Gasteiger charge is 2.22. The van der Waals surface area contributed by atoms with E-state index < -0.39 is 5.54 Å². The van der Waals surface area contributed by atoms with Crippen LogP contribution >= 0.6 is 0 Å². The molecule has 0 spiro atoms. The van der Waals surface area contributed by atoms with Crippen molar-refractivity contribution in [2.24, 2.45) is 5.73 Å². The summed E-state index contributed by atoms with van der Waals surface area (Å²) < 4.78 is 0. The molecular formula is C14H14N. The Bertz CT molecular complexity index is 376. The van der Waals surface area contributed by atoms with Gasteiger partial charge in [-0.2, -0.15) is 0 Å². The van der Waals surface area contributed by atoms with Crippen LogP contribution in [0.3, 0.4) is 0 Å². The number of nitrogens with two attached hydrogens (primary N) is 1. The number of benzene rings is 2. The highest BCUT2D eigenvalue weighted by molar-refractivity contribution is 5.38. The number of hydrogen-bond acceptors (Lipinski definition) is 1. The van der Waals surface area contributed by atoms with Crippen LogP contribution in [-0.4, -0.2) is 0 Å². The third kappa shape index (κ3) is 1.92. The standard InChI is InChI=1S/C14H14N/c1-14(15,12-8-4-2-5-9-12)13-10-6-3-7-11-13/h2-11H,1,15H2. The van der Waals surface area contributed by atoms with Gasteiger partial charge in [-0.3, -0.25) is 0 Å². The number of hydrogen-bond donors (Lipinski definition) is 1. The van der Waals surface area contributed by atoms with E-state index in [9.17, 15) is 0 Å². The van der Waals surface area contributed by atoms with Gasteiger partial charge < -0.3 is 5.73 Å². The fourth-order valence-electron chi connectivity index (χ4n) is 1.64. The van der Waals surface area contributed by atoms with Gasteiger partial charge >= 0.3 is 0 Å². The third-order valence-corrected chi connectivity index (χ3v) is 2.58. The molecule has 15 heavy (non-hydrogen) atoms. The van der Waals surface area contributed by atoms with Gasteiger partial charge in [0.2, 0.25) is 0 Å². The lowest BCUT2D eigenvalue weighted by molar-refractivity contribution is 0.677. The van der Waals surface area contributed by atoms with E-state index in [1.165, 1.54) is 0 Å². The Balaban J connectivity index is 2.44. The van der Waals surface area contributed by atoms with Crippen LogP contribution in [0, 0.1) is 6.92 Å². The van der Waals surface area contributed by atoms with Crippen LogP contribution in [-0.2, 0) is 5.54 Å². The molecule has 0 aliphatic heterocycles. The first-order chi connectivity index (χ1) is 7.21. The minimum Gasteiger partial charge on any atom is -0.318 e. The van der Waals surface area contributed by atoms with Crippen molar-refractivity contribution in [3.63, 3.8) is 0 Å². The summed E-state index contributed by atoms with van der Waals surface area (Å²) in [6, 6.07) is 19.9. The predicted molar refractivity (Wildman–Crippen MR) is 63.2 cm³/mol. The van der Waals surface area contributed by atoms with Gasteiger partial charge in [0.05, 0.1) is 5.54 Å². The van der Waals surface area contributed by atoms with Crippen LogP contribution in [0.5, 0.6) is 0 Å². The zero-order valence-electron chi connectivity index (χ0n) is 8.56. The second kappa shape index (κ2) is 3.87. The zero-order chi connectivity index (χ0) is 10.7. The molecule has 0 atom stereocenters. The maximum atomic E-state index is 6.25. The SMILES string of the molecule is [CH2]C(N)(c1ccccc1)c1ccccc1. The summed E-state index contributed by atoms with van der Waals surface area (Å²) in [4.78, 5) is 0. The van der Waals surface area contributed by atoms with Crippen molar-refractivity contribution in [1.29, 1.82) is 0 Å². The number of rotatable bonds is 2. The quantitative estimate of drug-likeness (QED) is 0.785. The Morgan fingerprint density at radius 3 is 1.40 bits per heavy atom. The molecule has 1 heteroatoms. The molecule has 0 saturated heterocycles. The van der Waals surface area contributed by atoms with E-state index in [0.717, 1.165) is 11.1 Å². The first-order valence-electron chi connectivity index (χ1n) is 4.96.